The number of H-pyrrole nitrogens is 1. The molecule has 0 aliphatic heterocycles. The highest BCUT2D eigenvalue weighted by molar-refractivity contribution is 5.95. The maximum atomic E-state index is 4.69. The van der Waals surface area contributed by atoms with Crippen LogP contribution in [0.3, 0.4) is 0 Å². The first-order chi connectivity index (χ1) is 14.8. The lowest BCUT2D eigenvalue weighted by atomic mass is 10.1. The smallest absolute Gasteiger partial charge is 0.250 e. The third kappa shape index (κ3) is 3.56. The van der Waals surface area contributed by atoms with Gasteiger partial charge in [0.05, 0.1) is 23.3 Å². The molecule has 0 fully saturated rings. The maximum Gasteiger partial charge on any atom is 0.250 e. The Morgan fingerprint density at radius 2 is 1.80 bits per heavy atom. The second-order valence-corrected chi connectivity index (χ2v) is 6.83. The first-order valence-corrected chi connectivity index (χ1v) is 9.44. The highest BCUT2D eigenvalue weighted by atomic mass is 15.0. The van der Waals surface area contributed by atoms with Crippen LogP contribution in [-0.4, -0.2) is 36.1 Å². The third-order valence-corrected chi connectivity index (χ3v) is 4.68. The topological polar surface area (TPSA) is 92.6 Å². The number of hydrogen-bond acceptors (Lipinski definition) is 6. The van der Waals surface area contributed by atoms with Crippen LogP contribution in [0.5, 0.6) is 0 Å². The van der Waals surface area contributed by atoms with Gasteiger partial charge in [-0.15, -0.1) is 0 Å². The average Bonchev–Trinajstić information content (AvgIpc) is 3.22. The van der Waals surface area contributed by atoms with E-state index in [1.807, 2.05) is 49.5 Å². The van der Waals surface area contributed by atoms with Crippen LogP contribution in [0.25, 0.3) is 33.4 Å². The Labute approximate surface area is 172 Å². The van der Waals surface area contributed by atoms with Crippen molar-refractivity contribution in [3.8, 4) is 22.5 Å². The van der Waals surface area contributed by atoms with Gasteiger partial charge in [-0.1, -0.05) is 18.2 Å². The lowest BCUT2D eigenvalue weighted by Gasteiger charge is -2.05. The minimum absolute atomic E-state index is 0.347. The van der Waals surface area contributed by atoms with Gasteiger partial charge in [-0.3, -0.25) is 4.98 Å². The van der Waals surface area contributed by atoms with E-state index in [4.69, 9.17) is 4.98 Å². The SMILES string of the molecule is Cc1ccnc(/C=N/c2nc(-c3cncnc3)cc(-c3c[nH]c4ccccc34)n2)c1. The number of aromatic nitrogens is 6. The van der Waals surface area contributed by atoms with Crippen LogP contribution in [0, 0.1) is 6.92 Å². The van der Waals surface area contributed by atoms with Crippen LogP contribution < -0.4 is 0 Å². The first kappa shape index (κ1) is 17.8. The summed E-state index contributed by atoms with van der Waals surface area (Å²) in [7, 11) is 0. The zero-order valence-electron chi connectivity index (χ0n) is 16.2. The molecule has 4 aromatic heterocycles. The molecular formula is C23H17N7. The summed E-state index contributed by atoms with van der Waals surface area (Å²) in [6, 6.07) is 13.9. The van der Waals surface area contributed by atoms with Gasteiger partial charge in [-0.25, -0.2) is 24.9 Å². The van der Waals surface area contributed by atoms with Crippen molar-refractivity contribution in [2.45, 2.75) is 6.92 Å². The molecule has 4 heterocycles. The van der Waals surface area contributed by atoms with Crippen LogP contribution in [0.1, 0.15) is 11.3 Å². The number of rotatable bonds is 4. The molecular weight excluding hydrogens is 374 g/mol. The van der Waals surface area contributed by atoms with Gasteiger partial charge in [0.1, 0.15) is 6.33 Å². The van der Waals surface area contributed by atoms with Gasteiger partial charge in [0.15, 0.2) is 0 Å². The van der Waals surface area contributed by atoms with E-state index in [2.05, 4.69) is 36.0 Å². The number of para-hydroxylation sites is 1. The summed E-state index contributed by atoms with van der Waals surface area (Å²) in [6.45, 7) is 2.01. The number of hydrogen-bond donors (Lipinski definition) is 1. The number of nitrogens with one attached hydrogen (secondary N) is 1. The number of nitrogens with zero attached hydrogens (tertiary/aromatic N) is 6. The molecule has 30 heavy (non-hydrogen) atoms. The second kappa shape index (κ2) is 7.63. The molecule has 0 saturated carbocycles. The molecule has 5 rings (SSSR count). The quantitative estimate of drug-likeness (QED) is 0.454. The molecule has 0 atom stereocenters. The van der Waals surface area contributed by atoms with Crippen LogP contribution in [0.2, 0.25) is 0 Å². The van der Waals surface area contributed by atoms with E-state index in [0.29, 0.717) is 11.6 Å². The monoisotopic (exact) mass is 391 g/mol. The Hall–Kier alpha value is -4.26. The zero-order valence-corrected chi connectivity index (χ0v) is 16.2. The molecule has 0 radical (unpaired) electrons. The van der Waals surface area contributed by atoms with E-state index in [1.54, 1.807) is 24.8 Å². The Morgan fingerprint density at radius 1 is 0.967 bits per heavy atom. The molecule has 0 saturated heterocycles. The largest absolute Gasteiger partial charge is 0.360 e. The summed E-state index contributed by atoms with van der Waals surface area (Å²) >= 11 is 0. The highest BCUT2D eigenvalue weighted by Crippen LogP contribution is 2.30. The lowest BCUT2D eigenvalue weighted by Crippen LogP contribution is -1.93. The number of aryl methyl sites for hydroxylation is 1. The van der Waals surface area contributed by atoms with E-state index in [9.17, 15) is 0 Å². The van der Waals surface area contributed by atoms with E-state index in [-0.39, 0.29) is 0 Å². The van der Waals surface area contributed by atoms with E-state index in [0.717, 1.165) is 39.0 Å². The normalized spacial score (nSPS) is 11.4. The highest BCUT2D eigenvalue weighted by Gasteiger charge is 2.12. The van der Waals surface area contributed by atoms with Crippen LogP contribution >= 0.6 is 0 Å². The maximum absolute atomic E-state index is 4.69. The van der Waals surface area contributed by atoms with Crippen molar-refractivity contribution in [3.63, 3.8) is 0 Å². The van der Waals surface area contributed by atoms with Gasteiger partial charge in [0.25, 0.3) is 5.95 Å². The summed E-state index contributed by atoms with van der Waals surface area (Å²) in [6.07, 6.45) is 10.3. The summed E-state index contributed by atoms with van der Waals surface area (Å²) < 4.78 is 0. The predicted octanol–water partition coefficient (Wildman–Crippen LogP) is 4.54. The lowest BCUT2D eigenvalue weighted by molar-refractivity contribution is 1.12. The number of aromatic amines is 1. The molecule has 7 nitrogen and oxygen atoms in total. The Kier molecular flexibility index (Phi) is 4.53. The minimum atomic E-state index is 0.347. The number of pyridine rings is 1. The molecule has 1 N–H and O–H groups in total. The number of fused-ring (bicyclic) bond motifs is 1. The van der Waals surface area contributed by atoms with Crippen LogP contribution in [-0.2, 0) is 0 Å². The van der Waals surface area contributed by atoms with E-state index >= 15 is 0 Å². The fraction of sp³-hybridized carbons (Fsp3) is 0.0435. The Balaban J connectivity index is 1.64. The average molecular weight is 391 g/mol. The number of aliphatic imine (C=N–C) groups is 1. The molecule has 0 aliphatic carbocycles. The fourth-order valence-electron chi connectivity index (χ4n) is 3.25. The van der Waals surface area contributed by atoms with Gasteiger partial charge in [0.2, 0.25) is 0 Å². The third-order valence-electron chi connectivity index (χ3n) is 4.68. The molecule has 1 aromatic carbocycles. The Morgan fingerprint density at radius 3 is 2.67 bits per heavy atom. The summed E-state index contributed by atoms with van der Waals surface area (Å²) in [4.78, 5) is 29.6. The van der Waals surface area contributed by atoms with Gasteiger partial charge in [0, 0.05) is 46.8 Å². The van der Waals surface area contributed by atoms with Crippen LogP contribution in [0.15, 0.2) is 78.6 Å². The molecule has 5 aromatic rings. The van der Waals surface area contributed by atoms with Gasteiger partial charge in [-0.05, 0) is 36.8 Å². The predicted molar refractivity (Wildman–Crippen MR) is 117 cm³/mol. The van der Waals surface area contributed by atoms with Crippen molar-refractivity contribution in [2.24, 2.45) is 4.99 Å². The molecule has 0 unspecified atom stereocenters. The van der Waals surface area contributed by atoms with Gasteiger partial charge in [-0.2, -0.15) is 0 Å². The van der Waals surface area contributed by atoms with Crippen molar-refractivity contribution in [2.75, 3.05) is 0 Å². The fourth-order valence-corrected chi connectivity index (χ4v) is 3.25. The standard InChI is InChI=1S/C23H17N7/c1-15-6-7-26-17(8-15)12-28-23-29-21(16-10-24-14-25-11-16)9-22(30-23)19-13-27-20-5-3-2-4-18(19)20/h2-14,27H,1H3/b28-12+. The summed E-state index contributed by atoms with van der Waals surface area (Å²) in [5, 5.41) is 1.08. The van der Waals surface area contributed by atoms with Crippen LogP contribution in [0.4, 0.5) is 5.95 Å². The molecule has 7 heteroatoms. The van der Waals surface area contributed by atoms with Gasteiger partial charge < -0.3 is 4.98 Å². The van der Waals surface area contributed by atoms with E-state index in [1.165, 1.54) is 6.33 Å². The molecule has 0 aliphatic rings. The zero-order chi connectivity index (χ0) is 20.3. The molecule has 0 bridgehead atoms. The second-order valence-electron chi connectivity index (χ2n) is 6.83. The van der Waals surface area contributed by atoms with Crippen molar-refractivity contribution in [1.29, 1.82) is 0 Å². The van der Waals surface area contributed by atoms with Crippen molar-refractivity contribution < 1.29 is 0 Å². The van der Waals surface area contributed by atoms with Crippen molar-refractivity contribution >= 4 is 23.1 Å². The van der Waals surface area contributed by atoms with Gasteiger partial charge >= 0.3 is 0 Å². The molecule has 0 spiro atoms. The summed E-state index contributed by atoms with van der Waals surface area (Å²) in [5.41, 5.74) is 6.16. The van der Waals surface area contributed by atoms with Crippen molar-refractivity contribution in [1.82, 2.24) is 29.9 Å². The Bertz CT molecular complexity index is 1360. The minimum Gasteiger partial charge on any atom is -0.360 e. The summed E-state index contributed by atoms with van der Waals surface area (Å²) in [5.74, 6) is 0.347. The first-order valence-electron chi connectivity index (χ1n) is 9.44. The van der Waals surface area contributed by atoms with Crippen molar-refractivity contribution in [3.05, 3.63) is 84.8 Å². The number of benzene rings is 1. The molecule has 0 amide bonds. The van der Waals surface area contributed by atoms with E-state index < -0.39 is 0 Å². The molecule has 144 valence electrons.